The van der Waals surface area contributed by atoms with E-state index in [-0.39, 0.29) is 18.1 Å². The van der Waals surface area contributed by atoms with Crippen LogP contribution in [-0.2, 0) is 4.79 Å². The molecular weight excluding hydrogens is 364 g/mol. The third kappa shape index (κ3) is 4.66. The van der Waals surface area contributed by atoms with Crippen LogP contribution >= 0.6 is 15.9 Å². The summed E-state index contributed by atoms with van der Waals surface area (Å²) in [6.07, 6.45) is -0.229. The summed E-state index contributed by atoms with van der Waals surface area (Å²) in [5.74, 6) is -1.29. The van der Waals surface area contributed by atoms with Crippen LogP contribution in [0, 0.1) is 0 Å². The fourth-order valence-corrected chi connectivity index (χ4v) is 2.46. The molecule has 0 aliphatic rings. The Kier molecular flexibility index (Phi) is 5.54. The van der Waals surface area contributed by atoms with Gasteiger partial charge in [-0.1, -0.05) is 47.1 Å². The van der Waals surface area contributed by atoms with Crippen LogP contribution in [0.2, 0.25) is 0 Å². The maximum absolute atomic E-state index is 12.3. The van der Waals surface area contributed by atoms with Crippen molar-refractivity contribution in [2.45, 2.75) is 32.2 Å². The number of carbonyl (C=O) groups is 2. The molecule has 2 N–H and O–H groups in total. The minimum absolute atomic E-state index is 0.0686. The van der Waals surface area contributed by atoms with E-state index in [1.807, 2.05) is 19.9 Å². The highest BCUT2D eigenvalue weighted by Crippen LogP contribution is 2.22. The van der Waals surface area contributed by atoms with Crippen molar-refractivity contribution in [1.29, 1.82) is 0 Å². The summed E-state index contributed by atoms with van der Waals surface area (Å²) in [5, 5.41) is 15.6. The molecule has 1 aromatic carbocycles. The highest BCUT2D eigenvalue weighted by Gasteiger charge is 2.22. The van der Waals surface area contributed by atoms with E-state index in [9.17, 15) is 9.59 Å². The number of amides is 1. The van der Waals surface area contributed by atoms with Crippen LogP contribution in [0.4, 0.5) is 0 Å². The van der Waals surface area contributed by atoms with Gasteiger partial charge in [0.1, 0.15) is 0 Å². The summed E-state index contributed by atoms with van der Waals surface area (Å²) in [6.45, 7) is 3.88. The lowest BCUT2D eigenvalue weighted by Gasteiger charge is -2.16. The minimum atomic E-state index is -1.00. The monoisotopic (exact) mass is 380 g/mol. The minimum Gasteiger partial charge on any atom is -0.481 e. The Bertz CT molecular complexity index is 712. The molecule has 0 saturated carbocycles. The lowest BCUT2D eigenvalue weighted by atomic mass is 10.0. The summed E-state index contributed by atoms with van der Waals surface area (Å²) in [5.41, 5.74) is 1.37. The topological polar surface area (TPSA) is 92.4 Å². The highest BCUT2D eigenvalue weighted by atomic mass is 79.9. The zero-order valence-corrected chi connectivity index (χ0v) is 14.3. The second-order valence-corrected chi connectivity index (χ2v) is 6.37. The molecule has 0 fully saturated rings. The van der Waals surface area contributed by atoms with Crippen LogP contribution in [0.3, 0.4) is 0 Å². The lowest BCUT2D eigenvalue weighted by Crippen LogP contribution is -2.30. The molecule has 6 nitrogen and oxygen atoms in total. The highest BCUT2D eigenvalue weighted by molar-refractivity contribution is 9.10. The van der Waals surface area contributed by atoms with E-state index in [0.717, 1.165) is 4.47 Å². The first-order valence-electron chi connectivity index (χ1n) is 7.11. The number of halogens is 1. The van der Waals surface area contributed by atoms with E-state index < -0.39 is 17.9 Å². The van der Waals surface area contributed by atoms with Crippen molar-refractivity contribution in [3.63, 3.8) is 0 Å². The molecule has 0 bridgehead atoms. The molecule has 2 aromatic rings. The fraction of sp³-hybridized carbons (Fsp3) is 0.312. The molecule has 7 heteroatoms. The van der Waals surface area contributed by atoms with Gasteiger partial charge in [-0.2, -0.15) is 0 Å². The predicted octanol–water partition coefficient (Wildman–Crippen LogP) is 3.51. The molecule has 0 spiro atoms. The maximum atomic E-state index is 12.3. The smallest absolute Gasteiger partial charge is 0.305 e. The number of nitrogens with zero attached hydrogens (tertiary/aromatic N) is 1. The van der Waals surface area contributed by atoms with Crippen LogP contribution in [0.15, 0.2) is 39.3 Å². The van der Waals surface area contributed by atoms with Crippen molar-refractivity contribution < 1.29 is 19.2 Å². The van der Waals surface area contributed by atoms with Gasteiger partial charge in [-0.15, -0.1) is 0 Å². The summed E-state index contributed by atoms with van der Waals surface area (Å²) >= 11 is 3.34. The van der Waals surface area contributed by atoms with E-state index in [0.29, 0.717) is 11.3 Å². The molecular formula is C16H17BrN2O4. The Morgan fingerprint density at radius 2 is 2.09 bits per heavy atom. The van der Waals surface area contributed by atoms with Gasteiger partial charge < -0.3 is 14.9 Å². The van der Waals surface area contributed by atoms with Crippen LogP contribution in [-0.4, -0.2) is 22.1 Å². The molecule has 1 amide bonds. The summed E-state index contributed by atoms with van der Waals surface area (Å²) < 4.78 is 5.84. The molecule has 0 aliphatic heterocycles. The number of rotatable bonds is 6. The molecule has 1 unspecified atom stereocenters. The number of carboxylic acid groups (broad SMARTS) is 1. The van der Waals surface area contributed by atoms with E-state index in [2.05, 4.69) is 26.4 Å². The van der Waals surface area contributed by atoms with Crippen molar-refractivity contribution in [3.05, 3.63) is 51.8 Å². The normalized spacial score (nSPS) is 12.2. The Labute approximate surface area is 142 Å². The molecule has 1 heterocycles. The summed E-state index contributed by atoms with van der Waals surface area (Å²) in [7, 11) is 0. The van der Waals surface area contributed by atoms with Crippen LogP contribution in [0.5, 0.6) is 0 Å². The number of nitrogens with one attached hydrogen (secondary N) is 1. The third-order valence-electron chi connectivity index (χ3n) is 3.28. The van der Waals surface area contributed by atoms with E-state index in [4.69, 9.17) is 9.63 Å². The Morgan fingerprint density at radius 3 is 2.65 bits per heavy atom. The molecule has 2 rings (SSSR count). The van der Waals surface area contributed by atoms with Gasteiger partial charge in [0.05, 0.1) is 18.2 Å². The number of hydrogen-bond acceptors (Lipinski definition) is 4. The van der Waals surface area contributed by atoms with Gasteiger partial charge in [0.25, 0.3) is 5.91 Å². The molecule has 122 valence electrons. The van der Waals surface area contributed by atoms with Gasteiger partial charge in [0.15, 0.2) is 0 Å². The van der Waals surface area contributed by atoms with Crippen molar-refractivity contribution in [2.75, 3.05) is 0 Å². The van der Waals surface area contributed by atoms with Gasteiger partial charge in [-0.05, 0) is 23.6 Å². The summed E-state index contributed by atoms with van der Waals surface area (Å²) in [4.78, 5) is 23.4. The zero-order chi connectivity index (χ0) is 17.0. The molecule has 1 aromatic heterocycles. The number of carbonyl (C=O) groups excluding carboxylic acids is 1. The number of aromatic nitrogens is 1. The van der Waals surface area contributed by atoms with Gasteiger partial charge >= 0.3 is 5.97 Å². The number of benzene rings is 1. The number of hydrogen-bond donors (Lipinski definition) is 2. The quantitative estimate of drug-likeness (QED) is 0.799. The zero-order valence-electron chi connectivity index (χ0n) is 12.7. The van der Waals surface area contributed by atoms with Crippen LogP contribution in [0.1, 0.15) is 54.0 Å². The van der Waals surface area contributed by atoms with Crippen molar-refractivity contribution >= 4 is 27.8 Å². The van der Waals surface area contributed by atoms with E-state index in [1.165, 1.54) is 0 Å². The van der Waals surface area contributed by atoms with Crippen LogP contribution < -0.4 is 5.32 Å². The van der Waals surface area contributed by atoms with Crippen LogP contribution in [0.25, 0.3) is 0 Å². The average molecular weight is 381 g/mol. The van der Waals surface area contributed by atoms with Gasteiger partial charge in [-0.25, -0.2) is 0 Å². The standard InChI is InChI=1S/C16H17BrN2O4/c1-9(2)12-7-14(23-19-12)16(22)18-13(8-15(20)21)10-4-3-5-11(17)6-10/h3-7,9,13H,8H2,1-2H3,(H,18,22)(H,20,21). The van der Waals surface area contributed by atoms with Crippen molar-refractivity contribution in [3.8, 4) is 0 Å². The Hall–Kier alpha value is -2.15. The predicted molar refractivity (Wildman–Crippen MR) is 87.2 cm³/mol. The first-order chi connectivity index (χ1) is 10.9. The SMILES string of the molecule is CC(C)c1cc(C(=O)NC(CC(=O)O)c2cccc(Br)c2)on1. The van der Waals surface area contributed by atoms with Crippen molar-refractivity contribution in [1.82, 2.24) is 10.5 Å². The Balaban J connectivity index is 2.19. The number of aliphatic carboxylic acids is 1. The molecule has 23 heavy (non-hydrogen) atoms. The van der Waals surface area contributed by atoms with Gasteiger partial charge in [0, 0.05) is 10.5 Å². The second kappa shape index (κ2) is 7.41. The molecule has 0 aliphatic carbocycles. The lowest BCUT2D eigenvalue weighted by molar-refractivity contribution is -0.137. The maximum Gasteiger partial charge on any atom is 0.305 e. The molecule has 0 saturated heterocycles. The van der Waals surface area contributed by atoms with Crippen molar-refractivity contribution in [2.24, 2.45) is 0 Å². The van der Waals surface area contributed by atoms with E-state index >= 15 is 0 Å². The van der Waals surface area contributed by atoms with E-state index in [1.54, 1.807) is 24.3 Å². The number of carboxylic acids is 1. The van der Waals surface area contributed by atoms with Gasteiger partial charge in [-0.3, -0.25) is 9.59 Å². The van der Waals surface area contributed by atoms with Gasteiger partial charge in [0.2, 0.25) is 5.76 Å². The molecule has 0 radical (unpaired) electrons. The second-order valence-electron chi connectivity index (χ2n) is 5.45. The third-order valence-corrected chi connectivity index (χ3v) is 3.77. The fourth-order valence-electron chi connectivity index (χ4n) is 2.05. The average Bonchev–Trinajstić information content (AvgIpc) is 2.96. The molecule has 1 atom stereocenters. The first kappa shape index (κ1) is 17.2. The first-order valence-corrected chi connectivity index (χ1v) is 7.91. The largest absolute Gasteiger partial charge is 0.481 e. The Morgan fingerprint density at radius 1 is 1.35 bits per heavy atom. The summed E-state index contributed by atoms with van der Waals surface area (Å²) in [6, 6.07) is 8.05.